The molecule has 14 heteroatoms. The van der Waals surface area contributed by atoms with E-state index >= 15 is 0 Å². The van der Waals surface area contributed by atoms with E-state index in [0.29, 0.717) is 17.7 Å². The number of halogens is 6. The highest BCUT2D eigenvalue weighted by Crippen LogP contribution is 2.32. The molecule has 2 bridgehead atoms. The minimum absolute atomic E-state index is 0.229. The van der Waals surface area contributed by atoms with Crippen LogP contribution in [-0.4, -0.2) is 46.3 Å². The van der Waals surface area contributed by atoms with Crippen molar-refractivity contribution < 1.29 is 40.7 Å². The van der Waals surface area contributed by atoms with Gasteiger partial charge in [-0.1, -0.05) is 42.5 Å². The predicted octanol–water partition coefficient (Wildman–Crippen LogP) is 4.41. The van der Waals surface area contributed by atoms with Crippen molar-refractivity contribution in [3.63, 3.8) is 0 Å². The van der Waals surface area contributed by atoms with Gasteiger partial charge in [-0.15, -0.1) is 0 Å². The molecule has 2 aromatic carbocycles. The molecule has 3 heterocycles. The lowest BCUT2D eigenvalue weighted by Crippen LogP contribution is -2.58. The average molecular weight is 607 g/mol. The zero-order valence-electron chi connectivity index (χ0n) is 22.5. The molecule has 0 radical (unpaired) electrons. The maximum atomic E-state index is 14.2. The largest absolute Gasteiger partial charge is 0.482 e. The number of hydrogen-bond acceptors (Lipinski definition) is 5. The summed E-state index contributed by atoms with van der Waals surface area (Å²) in [5.74, 6) is -6.20. The second-order valence-corrected chi connectivity index (χ2v) is 10.1. The first-order valence-corrected chi connectivity index (χ1v) is 13.0. The third-order valence-electron chi connectivity index (χ3n) is 7.11. The zero-order valence-corrected chi connectivity index (χ0v) is 22.5. The summed E-state index contributed by atoms with van der Waals surface area (Å²) in [4.78, 5) is 41.8. The number of fused-ring (bicyclic) bond motifs is 4. The number of amides is 2. The van der Waals surface area contributed by atoms with Gasteiger partial charge in [0.25, 0.3) is 11.8 Å². The van der Waals surface area contributed by atoms with Crippen LogP contribution in [0.3, 0.4) is 0 Å². The number of aromatic nitrogens is 1. The molecule has 226 valence electrons. The Bertz CT molecular complexity index is 1630. The molecular weight excluding hydrogens is 582 g/mol. The zero-order chi connectivity index (χ0) is 31.1. The number of pyridine rings is 1. The molecule has 2 aliphatic rings. The number of hydrogen-bond donors (Lipinski definition) is 1. The van der Waals surface area contributed by atoms with Crippen molar-refractivity contribution in [3.8, 4) is 5.75 Å². The molecule has 2 atom stereocenters. The van der Waals surface area contributed by atoms with E-state index in [9.17, 15) is 40.7 Å². The van der Waals surface area contributed by atoms with E-state index in [-0.39, 0.29) is 19.0 Å². The van der Waals surface area contributed by atoms with Crippen LogP contribution in [0.15, 0.2) is 65.6 Å². The van der Waals surface area contributed by atoms with Gasteiger partial charge in [0.2, 0.25) is 5.43 Å². The van der Waals surface area contributed by atoms with E-state index in [2.05, 4.69) is 5.32 Å². The Hall–Kier alpha value is -4.75. The Balaban J connectivity index is 1.60. The third-order valence-corrected chi connectivity index (χ3v) is 7.11. The Morgan fingerprint density at radius 3 is 2.37 bits per heavy atom. The fourth-order valence-corrected chi connectivity index (χ4v) is 4.91. The van der Waals surface area contributed by atoms with Crippen LogP contribution in [0.4, 0.5) is 26.3 Å². The molecule has 8 nitrogen and oxygen atoms in total. The summed E-state index contributed by atoms with van der Waals surface area (Å²) in [6, 6.07) is 7.35. The summed E-state index contributed by atoms with van der Waals surface area (Å²) >= 11 is 0. The van der Waals surface area contributed by atoms with E-state index < -0.39 is 82.8 Å². The summed E-state index contributed by atoms with van der Waals surface area (Å²) in [6.45, 7) is 0.282. The third kappa shape index (κ3) is 6.08. The van der Waals surface area contributed by atoms with Crippen molar-refractivity contribution in [2.24, 2.45) is 0 Å². The molecule has 0 fully saturated rings. The molecule has 5 rings (SSSR count). The lowest BCUT2D eigenvalue weighted by atomic mass is 10.1. The van der Waals surface area contributed by atoms with E-state index in [0.717, 1.165) is 10.9 Å². The normalized spacial score (nSPS) is 17.9. The maximum absolute atomic E-state index is 14.2. The average Bonchev–Trinajstić information content (AvgIpc) is 3.07. The lowest BCUT2D eigenvalue weighted by molar-refractivity contribution is -0.137. The van der Waals surface area contributed by atoms with Crippen LogP contribution in [0, 0.1) is 17.5 Å². The molecule has 0 unspecified atom stereocenters. The van der Waals surface area contributed by atoms with Gasteiger partial charge in [-0.05, 0) is 12.5 Å². The Kier molecular flexibility index (Phi) is 7.95. The first-order valence-electron chi connectivity index (χ1n) is 13.0. The second-order valence-electron chi connectivity index (χ2n) is 10.1. The number of alkyl halides is 3. The van der Waals surface area contributed by atoms with Gasteiger partial charge in [0, 0.05) is 36.5 Å². The van der Waals surface area contributed by atoms with Gasteiger partial charge in [-0.3, -0.25) is 24.1 Å². The molecule has 1 aromatic heterocycles. The number of carbonyl (C=O) groups excluding carboxylic acids is 2. The highest BCUT2D eigenvalue weighted by molar-refractivity contribution is 5.99. The highest BCUT2D eigenvalue weighted by atomic mass is 19.4. The van der Waals surface area contributed by atoms with Crippen LogP contribution in [-0.2, 0) is 13.2 Å². The van der Waals surface area contributed by atoms with Crippen LogP contribution in [0.5, 0.6) is 5.75 Å². The Labute approximate surface area is 240 Å². The molecule has 0 spiro atoms. The van der Waals surface area contributed by atoms with Crippen LogP contribution < -0.4 is 20.5 Å². The topological polar surface area (TPSA) is 83.9 Å². The van der Waals surface area contributed by atoms with Gasteiger partial charge >= 0.3 is 6.18 Å². The quantitative estimate of drug-likeness (QED) is 0.319. The van der Waals surface area contributed by atoms with E-state index in [4.69, 9.17) is 4.74 Å². The standard InChI is InChI=1S/C29H24F6N4O4/c1-16-7-8-19(11-29(33,34)35)39-15-37(16)28(42)24-26(43-14-17-5-3-2-4-6-17)25(40)21(13-38(24)39)27(41)36-12-20-22(31)9-18(30)10-23(20)32/h2-10,13,16,19H,11-12,14-15H2,1H3,(H,36,41)/t16-,19-/m0/s1. The predicted molar refractivity (Wildman–Crippen MR) is 141 cm³/mol. The number of rotatable bonds is 7. The van der Waals surface area contributed by atoms with Gasteiger partial charge < -0.3 is 15.0 Å². The minimum Gasteiger partial charge on any atom is -0.482 e. The summed E-state index contributed by atoms with van der Waals surface area (Å²) in [7, 11) is 0. The second kappa shape index (κ2) is 11.5. The van der Waals surface area contributed by atoms with Crippen LogP contribution in [0.25, 0.3) is 0 Å². The summed E-state index contributed by atoms with van der Waals surface area (Å²) in [5.41, 5.74) is -2.22. The summed E-state index contributed by atoms with van der Waals surface area (Å²) in [6.07, 6.45) is -2.27. The number of benzene rings is 2. The molecule has 43 heavy (non-hydrogen) atoms. The SMILES string of the molecule is C[C@H]1C=C[C@@H](CC(F)(F)F)N2CN1C(=O)c1c(OCc3ccccc3)c(=O)c(C(=O)NCc3c(F)cc(F)cc3F)cn12. The summed E-state index contributed by atoms with van der Waals surface area (Å²) < 4.78 is 89.2. The van der Waals surface area contributed by atoms with Crippen molar-refractivity contribution in [1.82, 2.24) is 14.9 Å². The number of nitrogens with one attached hydrogen (secondary N) is 1. The van der Waals surface area contributed by atoms with Gasteiger partial charge in [-0.2, -0.15) is 13.2 Å². The van der Waals surface area contributed by atoms with Gasteiger partial charge in [-0.25, -0.2) is 13.2 Å². The number of nitrogens with zero attached hydrogens (tertiary/aromatic N) is 3. The lowest BCUT2D eigenvalue weighted by Gasteiger charge is -2.43. The fraction of sp³-hybridized carbons (Fsp3) is 0.276. The van der Waals surface area contributed by atoms with E-state index in [1.54, 1.807) is 37.3 Å². The molecule has 1 N–H and O–H groups in total. The number of carbonyl (C=O) groups is 2. The Morgan fingerprint density at radius 1 is 1.05 bits per heavy atom. The minimum atomic E-state index is -4.61. The number of ether oxygens (including phenoxy) is 1. The highest BCUT2D eigenvalue weighted by Gasteiger charge is 2.43. The van der Waals surface area contributed by atoms with Crippen LogP contribution in [0.2, 0.25) is 0 Å². The molecule has 0 saturated carbocycles. The van der Waals surface area contributed by atoms with Crippen molar-refractivity contribution in [3.05, 3.63) is 111 Å². The molecule has 0 saturated heterocycles. The molecular formula is C29H24F6N4O4. The van der Waals surface area contributed by atoms with Crippen LogP contribution >= 0.6 is 0 Å². The van der Waals surface area contributed by atoms with Gasteiger partial charge in [0.15, 0.2) is 11.4 Å². The monoisotopic (exact) mass is 606 g/mol. The van der Waals surface area contributed by atoms with Crippen molar-refractivity contribution in [2.75, 3.05) is 11.7 Å². The van der Waals surface area contributed by atoms with E-state index in [1.165, 1.54) is 22.1 Å². The van der Waals surface area contributed by atoms with Crippen molar-refractivity contribution >= 4 is 11.8 Å². The smallest absolute Gasteiger partial charge is 0.391 e. The Morgan fingerprint density at radius 2 is 1.72 bits per heavy atom. The molecule has 0 aliphatic carbocycles. The maximum Gasteiger partial charge on any atom is 0.391 e. The van der Waals surface area contributed by atoms with Crippen molar-refractivity contribution in [1.29, 1.82) is 0 Å². The van der Waals surface area contributed by atoms with Crippen molar-refractivity contribution in [2.45, 2.75) is 44.8 Å². The van der Waals surface area contributed by atoms with Gasteiger partial charge in [0.1, 0.15) is 36.3 Å². The molecule has 2 aliphatic heterocycles. The fourth-order valence-electron chi connectivity index (χ4n) is 4.91. The molecule has 3 aromatic rings. The molecule has 2 amide bonds. The first-order chi connectivity index (χ1) is 20.3. The van der Waals surface area contributed by atoms with Crippen LogP contribution in [0.1, 0.15) is 45.3 Å². The summed E-state index contributed by atoms with van der Waals surface area (Å²) in [5, 5.41) is 3.36. The van der Waals surface area contributed by atoms with Gasteiger partial charge in [0.05, 0.1) is 12.5 Å². The van der Waals surface area contributed by atoms with E-state index in [1.807, 2.05) is 0 Å². The first kappa shape index (κ1) is 29.7.